The van der Waals surface area contributed by atoms with Crippen molar-refractivity contribution in [2.24, 2.45) is 0 Å². The largest absolute Gasteiger partial charge is 0.452 e. The molecule has 0 saturated heterocycles. The second-order valence-electron chi connectivity index (χ2n) is 6.20. The topological polar surface area (TPSA) is 99.0 Å². The monoisotopic (exact) mass is 365 g/mol. The summed E-state index contributed by atoms with van der Waals surface area (Å²) in [7, 11) is 0. The molecular formula is C19H19N5O3. The fraction of sp³-hybridized carbons (Fsp3) is 0.211. The van der Waals surface area contributed by atoms with Gasteiger partial charge in [-0.3, -0.25) is 4.79 Å². The summed E-state index contributed by atoms with van der Waals surface area (Å²) in [6, 6.07) is 10.6. The SMILES string of the molecule is Cc1cc(C)c(NC(=O)COC(=O)c2cccc(-n3cnnn3)c2)c(C)c1. The van der Waals surface area contributed by atoms with Crippen LogP contribution in [0, 0.1) is 20.8 Å². The molecule has 8 nitrogen and oxygen atoms in total. The Morgan fingerprint density at radius 3 is 2.52 bits per heavy atom. The number of anilines is 1. The Balaban J connectivity index is 1.63. The molecule has 0 aliphatic heterocycles. The van der Waals surface area contributed by atoms with Crippen LogP contribution < -0.4 is 5.32 Å². The number of nitrogens with one attached hydrogen (secondary N) is 1. The highest BCUT2D eigenvalue weighted by molar-refractivity contribution is 5.96. The highest BCUT2D eigenvalue weighted by Gasteiger charge is 2.13. The van der Waals surface area contributed by atoms with Gasteiger partial charge in [0.05, 0.1) is 11.3 Å². The van der Waals surface area contributed by atoms with Crippen molar-refractivity contribution in [3.05, 3.63) is 65.0 Å². The number of aryl methyl sites for hydroxylation is 3. The molecule has 138 valence electrons. The molecule has 0 saturated carbocycles. The van der Waals surface area contributed by atoms with Gasteiger partial charge in [-0.15, -0.1) is 5.10 Å². The number of hydrogen-bond acceptors (Lipinski definition) is 6. The minimum atomic E-state index is -0.600. The van der Waals surface area contributed by atoms with Gasteiger partial charge in [0, 0.05) is 5.69 Å². The molecular weight excluding hydrogens is 346 g/mol. The third-order valence-electron chi connectivity index (χ3n) is 3.97. The molecule has 0 radical (unpaired) electrons. The summed E-state index contributed by atoms with van der Waals surface area (Å²) < 4.78 is 6.55. The van der Waals surface area contributed by atoms with E-state index in [2.05, 4.69) is 20.8 Å². The van der Waals surface area contributed by atoms with Gasteiger partial charge < -0.3 is 10.1 Å². The first-order chi connectivity index (χ1) is 12.9. The van der Waals surface area contributed by atoms with Gasteiger partial charge in [0.2, 0.25) is 0 Å². The van der Waals surface area contributed by atoms with Gasteiger partial charge in [-0.25, -0.2) is 9.48 Å². The van der Waals surface area contributed by atoms with Crippen LogP contribution in [-0.4, -0.2) is 38.7 Å². The maximum absolute atomic E-state index is 12.2. The van der Waals surface area contributed by atoms with E-state index in [9.17, 15) is 9.59 Å². The van der Waals surface area contributed by atoms with Crippen LogP contribution in [0.15, 0.2) is 42.7 Å². The molecule has 1 amide bonds. The van der Waals surface area contributed by atoms with Crippen molar-refractivity contribution >= 4 is 17.6 Å². The van der Waals surface area contributed by atoms with Crippen molar-refractivity contribution in [3.63, 3.8) is 0 Å². The number of benzene rings is 2. The first kappa shape index (κ1) is 18.2. The van der Waals surface area contributed by atoms with Crippen molar-refractivity contribution in [2.45, 2.75) is 20.8 Å². The Morgan fingerprint density at radius 2 is 1.85 bits per heavy atom. The fourth-order valence-corrected chi connectivity index (χ4v) is 2.82. The van der Waals surface area contributed by atoms with Crippen molar-refractivity contribution < 1.29 is 14.3 Å². The van der Waals surface area contributed by atoms with E-state index in [1.165, 1.54) is 11.0 Å². The maximum atomic E-state index is 12.2. The first-order valence-electron chi connectivity index (χ1n) is 8.32. The highest BCUT2D eigenvalue weighted by atomic mass is 16.5. The van der Waals surface area contributed by atoms with Gasteiger partial charge >= 0.3 is 5.97 Å². The van der Waals surface area contributed by atoms with Crippen LogP contribution in [0.1, 0.15) is 27.0 Å². The molecule has 0 unspecified atom stereocenters. The molecule has 27 heavy (non-hydrogen) atoms. The highest BCUT2D eigenvalue weighted by Crippen LogP contribution is 2.21. The van der Waals surface area contributed by atoms with Crippen LogP contribution in [0.2, 0.25) is 0 Å². The molecule has 1 aromatic heterocycles. The van der Waals surface area contributed by atoms with E-state index < -0.39 is 11.9 Å². The van der Waals surface area contributed by atoms with Crippen LogP contribution in [0.5, 0.6) is 0 Å². The fourth-order valence-electron chi connectivity index (χ4n) is 2.82. The Kier molecular flexibility index (Phi) is 5.25. The smallest absolute Gasteiger partial charge is 0.338 e. The van der Waals surface area contributed by atoms with Crippen LogP contribution in [0.25, 0.3) is 5.69 Å². The zero-order valence-corrected chi connectivity index (χ0v) is 15.3. The quantitative estimate of drug-likeness (QED) is 0.697. The number of tetrazole rings is 1. The molecule has 1 N–H and O–H groups in total. The molecule has 0 atom stereocenters. The summed E-state index contributed by atoms with van der Waals surface area (Å²) in [5, 5.41) is 13.7. The summed E-state index contributed by atoms with van der Waals surface area (Å²) in [6.07, 6.45) is 1.42. The lowest BCUT2D eigenvalue weighted by atomic mass is 10.1. The summed E-state index contributed by atoms with van der Waals surface area (Å²) in [6.45, 7) is 5.47. The van der Waals surface area contributed by atoms with Crippen molar-refractivity contribution in [1.82, 2.24) is 20.2 Å². The van der Waals surface area contributed by atoms with Gasteiger partial charge in [0.25, 0.3) is 5.91 Å². The van der Waals surface area contributed by atoms with E-state index in [1.54, 1.807) is 24.3 Å². The molecule has 3 rings (SSSR count). The number of nitrogens with zero attached hydrogens (tertiary/aromatic N) is 4. The minimum absolute atomic E-state index is 0.304. The molecule has 8 heteroatoms. The zero-order chi connectivity index (χ0) is 19.4. The normalized spacial score (nSPS) is 10.5. The van der Waals surface area contributed by atoms with Gasteiger partial charge in [0.15, 0.2) is 6.61 Å². The van der Waals surface area contributed by atoms with Crippen molar-refractivity contribution in [1.29, 1.82) is 0 Å². The lowest BCUT2D eigenvalue weighted by Crippen LogP contribution is -2.22. The van der Waals surface area contributed by atoms with Gasteiger partial charge in [-0.1, -0.05) is 23.8 Å². The Bertz CT molecular complexity index is 960. The summed E-state index contributed by atoms with van der Waals surface area (Å²) in [5.41, 5.74) is 4.70. The summed E-state index contributed by atoms with van der Waals surface area (Å²) in [4.78, 5) is 24.4. The Morgan fingerprint density at radius 1 is 1.11 bits per heavy atom. The van der Waals surface area contributed by atoms with Crippen LogP contribution in [0.4, 0.5) is 5.69 Å². The van der Waals surface area contributed by atoms with E-state index >= 15 is 0 Å². The number of carbonyl (C=O) groups is 2. The second-order valence-corrected chi connectivity index (χ2v) is 6.20. The second kappa shape index (κ2) is 7.77. The molecule has 0 bridgehead atoms. The minimum Gasteiger partial charge on any atom is -0.452 e. The number of aromatic nitrogens is 4. The summed E-state index contributed by atoms with van der Waals surface area (Å²) >= 11 is 0. The Labute approximate surface area is 156 Å². The molecule has 0 aliphatic carbocycles. The summed E-state index contributed by atoms with van der Waals surface area (Å²) in [5.74, 6) is -0.993. The van der Waals surface area contributed by atoms with Gasteiger partial charge in [-0.2, -0.15) is 0 Å². The number of esters is 1. The van der Waals surface area contributed by atoms with Crippen LogP contribution >= 0.6 is 0 Å². The van der Waals surface area contributed by atoms with Crippen LogP contribution in [0.3, 0.4) is 0 Å². The van der Waals surface area contributed by atoms with E-state index in [0.29, 0.717) is 11.3 Å². The lowest BCUT2D eigenvalue weighted by molar-refractivity contribution is -0.119. The average Bonchev–Trinajstić information content (AvgIpc) is 3.17. The molecule has 0 aliphatic rings. The molecule has 1 heterocycles. The standard InChI is InChI=1S/C19H19N5O3/c1-12-7-13(2)18(14(3)8-12)21-17(25)10-27-19(26)15-5-4-6-16(9-15)24-11-20-22-23-24/h4-9,11H,10H2,1-3H3,(H,21,25). The predicted molar refractivity (Wildman–Crippen MR) is 98.7 cm³/mol. The predicted octanol–water partition coefficient (Wildman–Crippen LogP) is 2.38. The molecule has 0 spiro atoms. The van der Waals surface area contributed by atoms with Gasteiger partial charge in [-0.05, 0) is 60.5 Å². The average molecular weight is 365 g/mol. The van der Waals surface area contributed by atoms with E-state index in [0.717, 1.165) is 22.4 Å². The number of carbonyl (C=O) groups excluding carboxylic acids is 2. The molecule has 0 fully saturated rings. The molecule has 2 aromatic carbocycles. The number of hydrogen-bond donors (Lipinski definition) is 1. The number of ether oxygens (including phenoxy) is 1. The van der Waals surface area contributed by atoms with E-state index in [-0.39, 0.29) is 6.61 Å². The third kappa shape index (κ3) is 4.35. The van der Waals surface area contributed by atoms with E-state index in [4.69, 9.17) is 4.74 Å². The maximum Gasteiger partial charge on any atom is 0.338 e. The first-order valence-corrected chi connectivity index (χ1v) is 8.32. The van der Waals surface area contributed by atoms with Crippen molar-refractivity contribution in [2.75, 3.05) is 11.9 Å². The number of amides is 1. The van der Waals surface area contributed by atoms with Crippen molar-refractivity contribution in [3.8, 4) is 5.69 Å². The van der Waals surface area contributed by atoms with Crippen LogP contribution in [-0.2, 0) is 9.53 Å². The van der Waals surface area contributed by atoms with Gasteiger partial charge in [0.1, 0.15) is 6.33 Å². The Hall–Kier alpha value is -3.55. The third-order valence-corrected chi connectivity index (χ3v) is 3.97. The molecule has 3 aromatic rings. The number of rotatable bonds is 5. The van der Waals surface area contributed by atoms with E-state index in [1.807, 2.05) is 32.9 Å². The zero-order valence-electron chi connectivity index (χ0n) is 15.3. The lowest BCUT2D eigenvalue weighted by Gasteiger charge is -2.13.